The van der Waals surface area contributed by atoms with E-state index < -0.39 is 12.0 Å². The normalized spacial score (nSPS) is 12.5. The molecule has 0 aliphatic heterocycles. The van der Waals surface area contributed by atoms with Crippen LogP contribution in [0.2, 0.25) is 0 Å². The van der Waals surface area contributed by atoms with Crippen molar-refractivity contribution in [1.82, 2.24) is 0 Å². The highest BCUT2D eigenvalue weighted by Gasteiger charge is 2.10. The lowest BCUT2D eigenvalue weighted by atomic mass is 10.1. The summed E-state index contributed by atoms with van der Waals surface area (Å²) in [7, 11) is 0. The van der Waals surface area contributed by atoms with Crippen LogP contribution in [0, 0.1) is 5.41 Å². The Morgan fingerprint density at radius 2 is 2.31 bits per heavy atom. The van der Waals surface area contributed by atoms with Crippen LogP contribution >= 0.6 is 15.9 Å². The molecule has 0 saturated carbocycles. The molecule has 0 bridgehead atoms. The van der Waals surface area contributed by atoms with Gasteiger partial charge in [-0.2, -0.15) is 0 Å². The van der Waals surface area contributed by atoms with Crippen LogP contribution in [-0.4, -0.2) is 12.0 Å². The van der Waals surface area contributed by atoms with E-state index in [0.717, 1.165) is 10.0 Å². The summed E-state index contributed by atoms with van der Waals surface area (Å²) in [6.45, 7) is 0. The van der Waals surface area contributed by atoms with Crippen molar-refractivity contribution >= 4 is 21.8 Å². The quantitative estimate of drug-likeness (QED) is 0.622. The van der Waals surface area contributed by atoms with E-state index in [0.29, 0.717) is 0 Å². The maximum absolute atomic E-state index is 13.0. The average molecular weight is 245 g/mol. The van der Waals surface area contributed by atoms with Crippen molar-refractivity contribution in [3.05, 3.63) is 34.3 Å². The van der Waals surface area contributed by atoms with Gasteiger partial charge in [-0.1, -0.05) is 28.1 Å². The molecular weight excluding hydrogens is 235 g/mol. The number of hydrogen-bond acceptors (Lipinski definition) is 1. The molecule has 3 N–H and O–H groups in total. The van der Waals surface area contributed by atoms with Crippen molar-refractivity contribution in [1.29, 1.82) is 5.41 Å². The number of rotatable bonds is 3. The lowest BCUT2D eigenvalue weighted by molar-refractivity contribution is 0.418. The van der Waals surface area contributed by atoms with Crippen molar-refractivity contribution in [2.24, 2.45) is 5.73 Å². The molecule has 1 aromatic carbocycles. The number of alkyl halides is 1. The minimum absolute atomic E-state index is 0.161. The molecule has 0 amide bonds. The van der Waals surface area contributed by atoms with E-state index in [1.54, 1.807) is 6.07 Å². The summed E-state index contributed by atoms with van der Waals surface area (Å²) in [5.41, 5.74) is 5.85. The first-order chi connectivity index (χ1) is 6.09. The molecule has 4 heteroatoms. The molecule has 1 atom stereocenters. The Balaban J connectivity index is 2.69. The highest BCUT2D eigenvalue weighted by molar-refractivity contribution is 9.10. The predicted octanol–water partition coefficient (Wildman–Crippen LogP) is 2.27. The minimum atomic E-state index is -1.38. The van der Waals surface area contributed by atoms with Crippen LogP contribution in [0.3, 0.4) is 0 Å². The largest absolute Gasteiger partial charge is 0.385 e. The van der Waals surface area contributed by atoms with Gasteiger partial charge in [0.05, 0.1) is 0 Å². The van der Waals surface area contributed by atoms with Crippen molar-refractivity contribution in [3.63, 3.8) is 0 Å². The molecule has 2 nitrogen and oxygen atoms in total. The first-order valence-corrected chi connectivity index (χ1v) is 4.61. The molecule has 70 valence electrons. The maximum atomic E-state index is 13.0. The maximum Gasteiger partial charge on any atom is 0.160 e. The van der Waals surface area contributed by atoms with E-state index in [-0.39, 0.29) is 6.42 Å². The third-order valence-electron chi connectivity index (χ3n) is 1.64. The monoisotopic (exact) mass is 244 g/mol. The summed E-state index contributed by atoms with van der Waals surface area (Å²) in [6.07, 6.45) is -1.22. The van der Waals surface area contributed by atoms with E-state index in [4.69, 9.17) is 11.1 Å². The van der Waals surface area contributed by atoms with E-state index in [9.17, 15) is 4.39 Å². The lowest BCUT2D eigenvalue weighted by Crippen LogP contribution is -2.25. The van der Waals surface area contributed by atoms with E-state index >= 15 is 0 Å². The summed E-state index contributed by atoms with van der Waals surface area (Å²) < 4.78 is 13.9. The molecule has 1 aromatic rings. The first-order valence-electron chi connectivity index (χ1n) is 3.82. The fourth-order valence-corrected chi connectivity index (χ4v) is 1.43. The molecule has 0 fully saturated rings. The SMILES string of the molecule is N=C(N)C(F)Cc1cccc(Br)c1. The van der Waals surface area contributed by atoms with E-state index in [2.05, 4.69) is 15.9 Å². The third-order valence-corrected chi connectivity index (χ3v) is 2.13. The number of benzene rings is 1. The number of nitrogens with two attached hydrogens (primary N) is 1. The number of hydrogen-bond donors (Lipinski definition) is 2. The van der Waals surface area contributed by atoms with Gasteiger partial charge >= 0.3 is 0 Å². The summed E-state index contributed by atoms with van der Waals surface area (Å²) >= 11 is 3.28. The minimum Gasteiger partial charge on any atom is -0.385 e. The fourth-order valence-electron chi connectivity index (χ4n) is 0.981. The average Bonchev–Trinajstić information content (AvgIpc) is 2.04. The molecule has 0 aliphatic carbocycles. The van der Waals surface area contributed by atoms with Crippen molar-refractivity contribution in [3.8, 4) is 0 Å². The van der Waals surface area contributed by atoms with Crippen LogP contribution in [0.5, 0.6) is 0 Å². The number of nitrogens with one attached hydrogen (secondary N) is 1. The fraction of sp³-hybridized carbons (Fsp3) is 0.222. The van der Waals surface area contributed by atoms with Gasteiger partial charge < -0.3 is 5.73 Å². The van der Waals surface area contributed by atoms with Gasteiger partial charge in [0.1, 0.15) is 5.84 Å². The topological polar surface area (TPSA) is 49.9 Å². The zero-order chi connectivity index (χ0) is 9.84. The molecule has 0 radical (unpaired) electrons. The van der Waals surface area contributed by atoms with Gasteiger partial charge in [-0.05, 0) is 17.7 Å². The zero-order valence-electron chi connectivity index (χ0n) is 6.93. The second-order valence-corrected chi connectivity index (χ2v) is 3.67. The second-order valence-electron chi connectivity index (χ2n) is 2.76. The Bertz CT molecular complexity index is 314. The smallest absolute Gasteiger partial charge is 0.160 e. The van der Waals surface area contributed by atoms with Crippen LogP contribution in [0.1, 0.15) is 5.56 Å². The standard InChI is InChI=1S/C9H10BrFN2/c10-7-3-1-2-6(4-7)5-8(11)9(12)13/h1-4,8H,5H2,(H3,12,13). The van der Waals surface area contributed by atoms with Gasteiger partial charge in [0, 0.05) is 10.9 Å². The van der Waals surface area contributed by atoms with Crippen LogP contribution in [-0.2, 0) is 6.42 Å². The van der Waals surface area contributed by atoms with Crippen molar-refractivity contribution in [2.45, 2.75) is 12.6 Å². The summed E-state index contributed by atoms with van der Waals surface area (Å²) in [6, 6.07) is 7.31. The van der Waals surface area contributed by atoms with Gasteiger partial charge in [-0.3, -0.25) is 5.41 Å². The summed E-state index contributed by atoms with van der Waals surface area (Å²) in [4.78, 5) is 0. The Labute approximate surface area is 84.6 Å². The molecule has 0 aromatic heterocycles. The molecule has 0 saturated heterocycles. The lowest BCUT2D eigenvalue weighted by Gasteiger charge is -2.05. The molecular formula is C9H10BrFN2. The Hall–Kier alpha value is -0.900. The molecule has 13 heavy (non-hydrogen) atoms. The van der Waals surface area contributed by atoms with Gasteiger partial charge in [0.15, 0.2) is 6.17 Å². The predicted molar refractivity (Wildman–Crippen MR) is 54.7 cm³/mol. The number of halogens is 2. The van der Waals surface area contributed by atoms with Crippen LogP contribution in [0.4, 0.5) is 4.39 Å². The van der Waals surface area contributed by atoms with E-state index in [1.807, 2.05) is 18.2 Å². The van der Waals surface area contributed by atoms with Crippen molar-refractivity contribution in [2.75, 3.05) is 0 Å². The number of amidine groups is 1. The highest BCUT2D eigenvalue weighted by atomic mass is 79.9. The first kappa shape index (κ1) is 10.2. The highest BCUT2D eigenvalue weighted by Crippen LogP contribution is 2.13. The molecule has 0 heterocycles. The molecule has 0 aliphatic rings. The van der Waals surface area contributed by atoms with Crippen LogP contribution in [0.25, 0.3) is 0 Å². The van der Waals surface area contributed by atoms with Crippen LogP contribution in [0.15, 0.2) is 28.7 Å². The van der Waals surface area contributed by atoms with E-state index in [1.165, 1.54) is 0 Å². The third kappa shape index (κ3) is 3.14. The summed E-state index contributed by atoms with van der Waals surface area (Å²) in [5.74, 6) is -0.417. The van der Waals surface area contributed by atoms with Gasteiger partial charge in [0.25, 0.3) is 0 Å². The molecule has 0 spiro atoms. The molecule has 1 unspecified atom stereocenters. The second kappa shape index (κ2) is 4.37. The zero-order valence-corrected chi connectivity index (χ0v) is 8.51. The Kier molecular flexibility index (Phi) is 3.42. The van der Waals surface area contributed by atoms with Gasteiger partial charge in [0.2, 0.25) is 0 Å². The summed E-state index contributed by atoms with van der Waals surface area (Å²) in [5, 5.41) is 6.89. The Morgan fingerprint density at radius 3 is 2.85 bits per heavy atom. The van der Waals surface area contributed by atoms with Gasteiger partial charge in [-0.25, -0.2) is 4.39 Å². The Morgan fingerprint density at radius 1 is 1.62 bits per heavy atom. The molecule has 1 rings (SSSR count). The van der Waals surface area contributed by atoms with Gasteiger partial charge in [-0.15, -0.1) is 0 Å². The van der Waals surface area contributed by atoms with Crippen LogP contribution < -0.4 is 5.73 Å². The van der Waals surface area contributed by atoms with Crippen molar-refractivity contribution < 1.29 is 4.39 Å².